The summed E-state index contributed by atoms with van der Waals surface area (Å²) in [6.45, 7) is 5.43. The fourth-order valence-corrected chi connectivity index (χ4v) is 4.28. The van der Waals surface area contributed by atoms with Crippen LogP contribution in [0.1, 0.15) is 18.9 Å². The molecule has 0 bridgehead atoms. The molecule has 0 aromatic heterocycles. The summed E-state index contributed by atoms with van der Waals surface area (Å²) in [6, 6.07) is 2.72. The Morgan fingerprint density at radius 2 is 1.97 bits per heavy atom. The van der Waals surface area contributed by atoms with Gasteiger partial charge in [-0.15, -0.1) is 0 Å². The number of anilines is 1. The summed E-state index contributed by atoms with van der Waals surface area (Å²) >= 11 is 0. The maximum Gasteiger partial charge on any atom is 0.416 e. The van der Waals surface area contributed by atoms with Crippen molar-refractivity contribution in [3.8, 4) is 0 Å². The molecule has 1 unspecified atom stereocenters. The highest BCUT2D eigenvalue weighted by Gasteiger charge is 2.34. The minimum Gasteiger partial charge on any atom is -0.379 e. The summed E-state index contributed by atoms with van der Waals surface area (Å²) in [5, 5.41) is 2.66. The Morgan fingerprint density at radius 1 is 1.31 bits per heavy atom. The van der Waals surface area contributed by atoms with Crippen molar-refractivity contribution in [2.45, 2.75) is 25.6 Å². The van der Waals surface area contributed by atoms with Crippen LogP contribution in [-0.4, -0.2) is 70.9 Å². The summed E-state index contributed by atoms with van der Waals surface area (Å²) in [5.74, 6) is -0.574. The van der Waals surface area contributed by atoms with Crippen LogP contribution < -0.4 is 9.62 Å². The van der Waals surface area contributed by atoms with Gasteiger partial charge in [-0.1, -0.05) is 6.07 Å². The molecular weight excluding hydrogens is 411 g/mol. The van der Waals surface area contributed by atoms with Crippen molar-refractivity contribution >= 4 is 21.6 Å². The Bertz CT molecular complexity index is 796. The molecule has 1 aromatic rings. The van der Waals surface area contributed by atoms with Crippen LogP contribution in [0.25, 0.3) is 0 Å². The van der Waals surface area contributed by atoms with E-state index in [0.29, 0.717) is 30.5 Å². The predicted molar refractivity (Wildman–Crippen MR) is 103 cm³/mol. The van der Waals surface area contributed by atoms with Crippen molar-refractivity contribution in [2.75, 3.05) is 50.0 Å². The van der Waals surface area contributed by atoms with Crippen LogP contribution in [0.4, 0.5) is 18.9 Å². The van der Waals surface area contributed by atoms with Crippen LogP contribution in [0.2, 0.25) is 0 Å². The number of sulfonamides is 1. The molecule has 164 valence electrons. The van der Waals surface area contributed by atoms with Gasteiger partial charge in [0.05, 0.1) is 30.7 Å². The van der Waals surface area contributed by atoms with Crippen molar-refractivity contribution in [2.24, 2.45) is 0 Å². The van der Waals surface area contributed by atoms with Gasteiger partial charge in [0.25, 0.3) is 0 Å². The molecule has 11 heteroatoms. The van der Waals surface area contributed by atoms with Crippen LogP contribution in [0, 0.1) is 0 Å². The smallest absolute Gasteiger partial charge is 0.379 e. The highest BCUT2D eigenvalue weighted by Crippen LogP contribution is 2.32. The SMILES string of the molecule is CC(C(=O)NCCCN1CCOCC1)N(c1cccc(C(F)(F)F)c1)S(C)(=O)=O. The largest absolute Gasteiger partial charge is 0.416 e. The number of carbonyl (C=O) groups excluding carboxylic acids is 1. The second-order valence-corrected chi connectivity index (χ2v) is 8.74. The lowest BCUT2D eigenvalue weighted by Gasteiger charge is -2.29. The predicted octanol–water partition coefficient (Wildman–Crippen LogP) is 1.70. The first-order chi connectivity index (χ1) is 13.5. The number of carbonyl (C=O) groups is 1. The second-order valence-electron chi connectivity index (χ2n) is 6.88. The van der Waals surface area contributed by atoms with Crippen LogP contribution in [0.5, 0.6) is 0 Å². The molecule has 1 N–H and O–H groups in total. The number of morpholine rings is 1. The summed E-state index contributed by atoms with van der Waals surface area (Å²) < 4.78 is 69.4. The molecule has 0 radical (unpaired) electrons. The zero-order valence-corrected chi connectivity index (χ0v) is 17.2. The number of nitrogens with zero attached hydrogens (tertiary/aromatic N) is 2. The van der Waals surface area contributed by atoms with Crippen molar-refractivity contribution in [1.82, 2.24) is 10.2 Å². The lowest BCUT2D eigenvalue weighted by atomic mass is 10.1. The molecule has 1 fully saturated rings. The molecule has 1 saturated heterocycles. The molecule has 7 nitrogen and oxygen atoms in total. The van der Waals surface area contributed by atoms with E-state index in [1.807, 2.05) is 0 Å². The lowest BCUT2D eigenvalue weighted by molar-refractivity contribution is -0.137. The molecule has 0 saturated carbocycles. The lowest BCUT2D eigenvalue weighted by Crippen LogP contribution is -2.48. The van der Waals surface area contributed by atoms with Gasteiger partial charge in [-0.2, -0.15) is 13.2 Å². The zero-order chi connectivity index (χ0) is 21.7. The number of benzene rings is 1. The van der Waals surface area contributed by atoms with Crippen LogP contribution >= 0.6 is 0 Å². The Hall–Kier alpha value is -1.85. The van der Waals surface area contributed by atoms with Gasteiger partial charge in [0, 0.05) is 19.6 Å². The maximum absolute atomic E-state index is 13.0. The molecule has 0 aliphatic carbocycles. The van der Waals surface area contributed by atoms with Crippen LogP contribution in [0.15, 0.2) is 24.3 Å². The topological polar surface area (TPSA) is 79.0 Å². The third-order valence-electron chi connectivity index (χ3n) is 4.57. The van der Waals surface area contributed by atoms with Crippen molar-refractivity contribution in [3.63, 3.8) is 0 Å². The molecule has 1 aliphatic rings. The molecule has 1 aliphatic heterocycles. The molecule has 2 rings (SSSR count). The summed E-state index contributed by atoms with van der Waals surface area (Å²) in [5.41, 5.74) is -1.19. The number of ether oxygens (including phenoxy) is 1. The average molecular weight is 437 g/mol. The second kappa shape index (κ2) is 9.77. The van der Waals surface area contributed by atoms with E-state index in [1.54, 1.807) is 0 Å². The normalized spacial score (nSPS) is 17.0. The number of hydrogen-bond donors (Lipinski definition) is 1. The zero-order valence-electron chi connectivity index (χ0n) is 16.4. The van der Waals surface area contributed by atoms with Crippen molar-refractivity contribution < 1.29 is 31.1 Å². The van der Waals surface area contributed by atoms with E-state index in [4.69, 9.17) is 4.74 Å². The van der Waals surface area contributed by atoms with E-state index < -0.39 is 33.7 Å². The fourth-order valence-electron chi connectivity index (χ4n) is 3.11. The van der Waals surface area contributed by atoms with Gasteiger partial charge in [-0.3, -0.25) is 14.0 Å². The third-order valence-corrected chi connectivity index (χ3v) is 5.81. The Labute approximate surface area is 168 Å². The molecular formula is C18H26F3N3O4S. The Kier molecular flexibility index (Phi) is 7.89. The van der Waals surface area contributed by atoms with Crippen molar-refractivity contribution in [3.05, 3.63) is 29.8 Å². The van der Waals surface area contributed by atoms with Gasteiger partial charge in [-0.25, -0.2) is 8.42 Å². The van der Waals surface area contributed by atoms with Gasteiger partial charge in [0.2, 0.25) is 15.9 Å². The maximum atomic E-state index is 13.0. The van der Waals surface area contributed by atoms with Crippen LogP contribution in [-0.2, 0) is 25.7 Å². The molecule has 0 spiro atoms. The average Bonchev–Trinajstić information content (AvgIpc) is 2.64. The first-order valence-corrected chi connectivity index (χ1v) is 11.1. The molecule has 1 heterocycles. The monoisotopic (exact) mass is 437 g/mol. The van der Waals surface area contributed by atoms with Gasteiger partial charge in [-0.05, 0) is 38.1 Å². The molecule has 1 aromatic carbocycles. The van der Waals surface area contributed by atoms with Gasteiger partial charge in [0.15, 0.2) is 0 Å². The molecule has 1 atom stereocenters. The first-order valence-electron chi connectivity index (χ1n) is 9.24. The molecule has 29 heavy (non-hydrogen) atoms. The minimum absolute atomic E-state index is 0.210. The van der Waals surface area contributed by atoms with Gasteiger partial charge < -0.3 is 10.1 Å². The summed E-state index contributed by atoms with van der Waals surface area (Å²) in [4.78, 5) is 14.7. The first kappa shape index (κ1) is 23.4. The highest BCUT2D eigenvalue weighted by atomic mass is 32.2. The summed E-state index contributed by atoms with van der Waals surface area (Å²) in [6.07, 6.45) is -3.10. The highest BCUT2D eigenvalue weighted by molar-refractivity contribution is 7.92. The fraction of sp³-hybridized carbons (Fsp3) is 0.611. The van der Waals surface area contributed by atoms with Crippen LogP contribution in [0.3, 0.4) is 0 Å². The minimum atomic E-state index is -4.62. The number of amides is 1. The number of rotatable bonds is 8. The van der Waals surface area contributed by atoms with E-state index in [0.717, 1.165) is 44.1 Å². The Morgan fingerprint density at radius 3 is 2.55 bits per heavy atom. The number of halogens is 3. The molecule has 1 amide bonds. The van der Waals surface area contributed by atoms with E-state index >= 15 is 0 Å². The van der Waals surface area contributed by atoms with E-state index in [2.05, 4.69) is 10.2 Å². The Balaban J connectivity index is 2.03. The third kappa shape index (κ3) is 6.86. The van der Waals surface area contributed by atoms with Crippen molar-refractivity contribution in [1.29, 1.82) is 0 Å². The van der Waals surface area contributed by atoms with E-state index in [1.165, 1.54) is 13.0 Å². The van der Waals surface area contributed by atoms with E-state index in [9.17, 15) is 26.4 Å². The number of nitrogens with one attached hydrogen (secondary N) is 1. The standard InChI is InChI=1S/C18H26F3N3O4S/c1-14(17(25)22-7-4-8-23-9-11-28-12-10-23)24(29(2,26)27)16-6-3-5-15(13-16)18(19,20)21/h3,5-6,13-14H,4,7-12H2,1-2H3,(H,22,25). The van der Waals surface area contributed by atoms with Gasteiger partial charge in [0.1, 0.15) is 6.04 Å². The van der Waals surface area contributed by atoms with E-state index in [-0.39, 0.29) is 5.69 Å². The number of hydrogen-bond acceptors (Lipinski definition) is 5. The quantitative estimate of drug-likeness (QED) is 0.627. The van der Waals surface area contributed by atoms with Gasteiger partial charge >= 0.3 is 6.18 Å². The summed E-state index contributed by atoms with van der Waals surface area (Å²) in [7, 11) is -3.99. The number of alkyl halides is 3.